The van der Waals surface area contributed by atoms with Gasteiger partial charge in [-0.1, -0.05) is 156 Å². The normalized spacial score (nSPS) is 14.0. The Morgan fingerprint density at radius 1 is 0.455 bits per heavy atom. The first-order chi connectivity index (χ1) is 36.9. The highest BCUT2D eigenvalue weighted by Crippen LogP contribution is 2.49. The van der Waals surface area contributed by atoms with Gasteiger partial charge in [0.25, 0.3) is 0 Å². The van der Waals surface area contributed by atoms with E-state index in [1.54, 1.807) is 12.1 Å². The van der Waals surface area contributed by atoms with Crippen molar-refractivity contribution in [2.24, 2.45) is 0 Å². The Bertz CT molecular complexity index is 3880. The second kappa shape index (κ2) is 19.7. The Kier molecular flexibility index (Phi) is 12.9. The van der Waals surface area contributed by atoms with Crippen LogP contribution in [0.5, 0.6) is 0 Å². The molecule has 9 aromatic carbocycles. The lowest BCUT2D eigenvalue weighted by molar-refractivity contribution is -0.143. The lowest BCUT2D eigenvalue weighted by Gasteiger charge is -2.35. The molecule has 10 aromatic rings. The highest BCUT2D eigenvalue weighted by atomic mass is 19.4. The fourth-order valence-electron chi connectivity index (χ4n) is 10.6. The summed E-state index contributed by atoms with van der Waals surface area (Å²) in [6.07, 6.45) is -3.75. The molecule has 0 fully saturated rings. The van der Waals surface area contributed by atoms with Crippen molar-refractivity contribution in [1.82, 2.24) is 4.57 Å². The zero-order valence-electron chi connectivity index (χ0n) is 42.9. The Labute approximate surface area is 443 Å². The van der Waals surface area contributed by atoms with Crippen LogP contribution < -0.4 is 4.90 Å². The van der Waals surface area contributed by atoms with Crippen molar-refractivity contribution in [3.8, 4) is 56.3 Å². The molecule has 0 bridgehead atoms. The molecule has 0 saturated carbocycles. The molecule has 11 rings (SSSR count). The summed E-state index contributed by atoms with van der Waals surface area (Å²) in [7, 11) is 0. The molecule has 77 heavy (non-hydrogen) atoms. The van der Waals surface area contributed by atoms with Gasteiger partial charge in [-0.15, -0.1) is 0 Å². The van der Waals surface area contributed by atoms with E-state index in [0.29, 0.717) is 23.1 Å². The van der Waals surface area contributed by atoms with Crippen molar-refractivity contribution in [3.05, 3.63) is 250 Å². The van der Waals surface area contributed by atoms with Crippen LogP contribution in [0.25, 0.3) is 77.6 Å². The number of allylic oxidation sites excluding steroid dienone is 3. The number of fused-ring (bicyclic) bond motifs is 4. The maximum atomic E-state index is 15.2. The average Bonchev–Trinajstić information content (AvgIpc) is 4.02. The van der Waals surface area contributed by atoms with E-state index in [0.717, 1.165) is 95.2 Å². The predicted molar refractivity (Wildman–Crippen MR) is 301 cm³/mol. The molecule has 3 nitrogen and oxygen atoms in total. The van der Waals surface area contributed by atoms with Crippen LogP contribution in [0.1, 0.15) is 57.0 Å². The van der Waals surface area contributed by atoms with Gasteiger partial charge in [-0.3, -0.25) is 0 Å². The van der Waals surface area contributed by atoms with Gasteiger partial charge in [0.2, 0.25) is 0 Å². The summed E-state index contributed by atoms with van der Waals surface area (Å²) < 4.78 is 93.0. The first-order valence-corrected chi connectivity index (χ1v) is 25.5. The standard InChI is InChI=1S/C68H51F6N3/c1-41-6-15-47(16-7-41)48-23-14-45(5)76(61-29-26-52(34-55(61)25-24-48)49-17-8-42(2)9-18-49)64-32-46(40-75)33-65(66(64)56-35-57(67(69,70)71)39-58(36-56)68(72,73)74)77-62-30-27-53(50-19-10-43(3)11-20-50)37-59(62)60-38-54(28-31-63(60)77)51-21-12-44(4)13-22-51/h6-24,26-39,45H,25H2,1-5H3. The van der Waals surface area contributed by atoms with Gasteiger partial charge in [-0.05, 0) is 163 Å². The quantitative estimate of drug-likeness (QED) is 0.149. The van der Waals surface area contributed by atoms with Crippen molar-refractivity contribution in [1.29, 1.82) is 5.26 Å². The van der Waals surface area contributed by atoms with Gasteiger partial charge in [0.15, 0.2) is 0 Å². The number of benzene rings is 9. The Balaban J connectivity index is 1.25. The second-order valence-electron chi connectivity index (χ2n) is 20.2. The number of aryl methyl sites for hydroxylation is 4. The molecular weight excluding hydrogens is 973 g/mol. The molecule has 1 aliphatic rings. The van der Waals surface area contributed by atoms with Crippen LogP contribution in [-0.4, -0.2) is 10.6 Å². The number of hydrogen-bond donors (Lipinski definition) is 0. The molecule has 0 N–H and O–H groups in total. The van der Waals surface area contributed by atoms with Gasteiger partial charge >= 0.3 is 12.4 Å². The zero-order valence-corrected chi connectivity index (χ0v) is 42.9. The van der Waals surface area contributed by atoms with Crippen LogP contribution in [0.3, 0.4) is 0 Å². The molecule has 1 aliphatic heterocycles. The lowest BCUT2D eigenvalue weighted by atomic mass is 9.92. The van der Waals surface area contributed by atoms with Crippen molar-refractivity contribution in [2.75, 3.05) is 4.90 Å². The third-order valence-electron chi connectivity index (χ3n) is 14.7. The second-order valence-corrected chi connectivity index (χ2v) is 20.2. The minimum atomic E-state index is -5.15. The van der Waals surface area contributed by atoms with E-state index in [1.165, 1.54) is 0 Å². The number of aromatic nitrogens is 1. The molecule has 1 aromatic heterocycles. The molecule has 0 saturated heterocycles. The highest BCUT2D eigenvalue weighted by Gasteiger charge is 2.38. The molecule has 1 unspecified atom stereocenters. The molecule has 0 aliphatic carbocycles. The van der Waals surface area contributed by atoms with Crippen LogP contribution >= 0.6 is 0 Å². The molecular formula is C68H51F6N3. The molecule has 380 valence electrons. The van der Waals surface area contributed by atoms with Gasteiger partial charge < -0.3 is 9.47 Å². The van der Waals surface area contributed by atoms with Crippen molar-refractivity contribution >= 4 is 38.8 Å². The molecule has 0 radical (unpaired) electrons. The topological polar surface area (TPSA) is 32.0 Å². The first-order valence-electron chi connectivity index (χ1n) is 25.5. The first kappa shape index (κ1) is 50.3. The van der Waals surface area contributed by atoms with Gasteiger partial charge in [0, 0.05) is 28.1 Å². The molecule has 1 atom stereocenters. The summed E-state index contributed by atoms with van der Waals surface area (Å²) in [5.41, 5.74) is 12.2. The number of nitrogens with zero attached hydrogens (tertiary/aromatic N) is 3. The Hall–Kier alpha value is -8.87. The van der Waals surface area contributed by atoms with Crippen LogP contribution in [0, 0.1) is 39.0 Å². The number of alkyl halides is 6. The fraction of sp³-hybridized carbons (Fsp3) is 0.132. The number of rotatable bonds is 7. The third kappa shape index (κ3) is 9.84. The molecule has 2 heterocycles. The van der Waals surface area contributed by atoms with Crippen molar-refractivity contribution < 1.29 is 26.3 Å². The van der Waals surface area contributed by atoms with Crippen LogP contribution in [0.4, 0.5) is 37.7 Å². The largest absolute Gasteiger partial charge is 0.416 e. The van der Waals surface area contributed by atoms with Crippen LogP contribution in [0.2, 0.25) is 0 Å². The van der Waals surface area contributed by atoms with Crippen molar-refractivity contribution in [2.45, 2.75) is 59.4 Å². The monoisotopic (exact) mass is 1020 g/mol. The minimum absolute atomic E-state index is 0.0735. The summed E-state index contributed by atoms with van der Waals surface area (Å²) in [5, 5.41) is 12.7. The van der Waals surface area contributed by atoms with Crippen LogP contribution in [-0.2, 0) is 18.8 Å². The number of hydrogen-bond acceptors (Lipinski definition) is 2. The zero-order chi connectivity index (χ0) is 53.9. The van der Waals surface area contributed by atoms with E-state index in [-0.39, 0.29) is 34.1 Å². The maximum absolute atomic E-state index is 15.2. The van der Waals surface area contributed by atoms with E-state index in [2.05, 4.69) is 42.5 Å². The van der Waals surface area contributed by atoms with Gasteiger partial charge in [-0.2, -0.15) is 31.6 Å². The van der Waals surface area contributed by atoms with E-state index in [9.17, 15) is 5.26 Å². The minimum Gasteiger partial charge on any atom is -0.334 e. The Morgan fingerprint density at radius 3 is 1.35 bits per heavy atom. The van der Waals surface area contributed by atoms with Crippen molar-refractivity contribution in [3.63, 3.8) is 0 Å². The van der Waals surface area contributed by atoms with Gasteiger partial charge in [0.05, 0.1) is 45.2 Å². The predicted octanol–water partition coefficient (Wildman–Crippen LogP) is 19.3. The summed E-state index contributed by atoms with van der Waals surface area (Å²) in [6, 6.07) is 57.4. The number of nitriles is 1. The number of halogens is 6. The molecule has 0 amide bonds. The maximum Gasteiger partial charge on any atom is 0.416 e. The lowest BCUT2D eigenvalue weighted by Crippen LogP contribution is -2.28. The summed E-state index contributed by atoms with van der Waals surface area (Å²) in [6.45, 7) is 10.0. The smallest absolute Gasteiger partial charge is 0.334 e. The van der Waals surface area contributed by atoms with Gasteiger partial charge in [-0.25, -0.2) is 0 Å². The van der Waals surface area contributed by atoms with E-state index < -0.39 is 29.5 Å². The SMILES string of the molecule is Cc1ccc(C2=CCc3cc(-c4ccc(C)cc4)ccc3N(c3cc(C#N)cc(-n4c5ccc(-c6ccc(C)cc6)cc5c5cc(-c6ccc(C)cc6)ccc54)c3-c3cc(C(F)(F)F)cc(C(F)(F)F)c3)C(C)C=C2)cc1. The fourth-order valence-corrected chi connectivity index (χ4v) is 10.6. The van der Waals surface area contributed by atoms with Crippen LogP contribution in [0.15, 0.2) is 200 Å². The van der Waals surface area contributed by atoms with E-state index in [4.69, 9.17) is 0 Å². The van der Waals surface area contributed by atoms with E-state index >= 15 is 26.3 Å². The van der Waals surface area contributed by atoms with Gasteiger partial charge in [0.1, 0.15) is 0 Å². The third-order valence-corrected chi connectivity index (χ3v) is 14.7. The highest BCUT2D eigenvalue weighted by molar-refractivity contribution is 6.12. The molecule has 0 spiro atoms. The number of anilines is 2. The average molecular weight is 1020 g/mol. The summed E-state index contributed by atoms with van der Waals surface area (Å²) in [5.74, 6) is 0. The summed E-state index contributed by atoms with van der Waals surface area (Å²) >= 11 is 0. The summed E-state index contributed by atoms with van der Waals surface area (Å²) in [4.78, 5) is 1.96. The Morgan fingerprint density at radius 2 is 0.883 bits per heavy atom. The van der Waals surface area contributed by atoms with E-state index in [1.807, 2.05) is 178 Å². The molecule has 9 heteroatoms.